The molecule has 1 rings (SSSR count). The predicted molar refractivity (Wildman–Crippen MR) is 210 cm³/mol. The molecule has 0 spiro atoms. The van der Waals surface area contributed by atoms with Gasteiger partial charge in [0.15, 0.2) is 5.78 Å². The molecule has 1 unspecified atom stereocenters. The Hall–Kier alpha value is -3.60. The van der Waals surface area contributed by atoms with Crippen LogP contribution in [0.25, 0.3) is 0 Å². The van der Waals surface area contributed by atoms with Gasteiger partial charge >= 0.3 is 0 Å². The molecule has 0 aliphatic carbocycles. The average Bonchev–Trinajstić information content (AvgIpc) is 3.03. The first-order valence-corrected chi connectivity index (χ1v) is 18.9. The molecular weight excluding hydrogens is 660 g/mol. The summed E-state index contributed by atoms with van der Waals surface area (Å²) in [6.07, 6.45) is 2.71. The van der Waals surface area contributed by atoms with Crippen LogP contribution >= 0.6 is 0 Å². The average molecular weight is 733 g/mol. The summed E-state index contributed by atoms with van der Waals surface area (Å²) in [4.78, 5) is 71.4. The Morgan fingerprint density at radius 1 is 0.731 bits per heavy atom. The van der Waals surface area contributed by atoms with Crippen LogP contribution in [0, 0.1) is 23.7 Å². The molecule has 1 aromatic rings. The molecule has 4 amide bonds. The van der Waals surface area contributed by atoms with Crippen molar-refractivity contribution in [1.82, 2.24) is 21.3 Å². The second-order valence-electron chi connectivity index (χ2n) is 15.8. The Bertz CT molecular complexity index is 1240. The predicted octanol–water partition coefficient (Wildman–Crippen LogP) is 6.68. The second kappa shape index (κ2) is 25.4. The van der Waals surface area contributed by atoms with Gasteiger partial charge in [-0.3, -0.25) is 28.8 Å². The zero-order valence-electron chi connectivity index (χ0n) is 35.0. The molecule has 1 aromatic carbocycles. The maximum atomic E-state index is 13.0. The number of benzene rings is 1. The molecule has 11 heteroatoms. The molecule has 0 aromatic heterocycles. The van der Waals surface area contributed by atoms with Crippen molar-refractivity contribution in [2.75, 3.05) is 19.7 Å². The number of ketones is 2. The molecule has 0 aliphatic rings. The summed E-state index contributed by atoms with van der Waals surface area (Å²) in [5, 5.41) is 10.7. The first-order valence-electron chi connectivity index (χ1n) is 18.9. The Morgan fingerprint density at radius 3 is 1.65 bits per heavy atom. The van der Waals surface area contributed by atoms with E-state index in [-0.39, 0.29) is 65.7 Å². The summed E-state index contributed by atoms with van der Waals surface area (Å²) in [6, 6.07) is 6.14. The van der Waals surface area contributed by atoms with E-state index in [9.17, 15) is 28.8 Å². The van der Waals surface area contributed by atoms with Crippen molar-refractivity contribution in [1.29, 1.82) is 0 Å². The molecule has 0 radical (unpaired) electrons. The molecule has 11 nitrogen and oxygen atoms in total. The third-order valence-electron chi connectivity index (χ3n) is 7.56. The van der Waals surface area contributed by atoms with Crippen molar-refractivity contribution < 1.29 is 33.5 Å². The molecular formula is C41H72N4O7. The first kappa shape index (κ1) is 50.5. The lowest BCUT2D eigenvalue weighted by Crippen LogP contribution is -2.50. The molecule has 4 N–H and O–H groups in total. The summed E-state index contributed by atoms with van der Waals surface area (Å²) in [7, 11) is 0. The lowest BCUT2D eigenvalue weighted by atomic mass is 9.84. The van der Waals surface area contributed by atoms with Gasteiger partial charge in [0.05, 0.1) is 18.7 Å². The molecule has 1 atom stereocenters. The zero-order chi connectivity index (χ0) is 40.8. The normalized spacial score (nSPS) is 11.9. The van der Waals surface area contributed by atoms with Gasteiger partial charge in [-0.1, -0.05) is 74.4 Å². The first-order chi connectivity index (χ1) is 24.0. The smallest absolute Gasteiger partial charge is 0.251 e. The fraction of sp³-hybridized carbons (Fsp3) is 0.707. The van der Waals surface area contributed by atoms with Crippen LogP contribution in [0.5, 0.6) is 0 Å². The van der Waals surface area contributed by atoms with Gasteiger partial charge < -0.3 is 26.0 Å². The Balaban J connectivity index is 0. The van der Waals surface area contributed by atoms with E-state index in [4.69, 9.17) is 4.74 Å². The van der Waals surface area contributed by atoms with E-state index >= 15 is 0 Å². The fourth-order valence-electron chi connectivity index (χ4n) is 4.96. The largest absolute Gasteiger partial charge is 0.376 e. The second-order valence-corrected chi connectivity index (χ2v) is 15.8. The van der Waals surface area contributed by atoms with E-state index in [1.165, 1.54) is 6.92 Å². The number of Topliss-reactive ketones (excluding diaryl/α,β-unsaturated/α-hetero) is 2. The highest BCUT2D eigenvalue weighted by molar-refractivity contribution is 6.00. The number of rotatable bonds is 19. The number of carbonyl (C=O) groups excluding carboxylic acids is 6. The van der Waals surface area contributed by atoms with E-state index in [0.29, 0.717) is 42.4 Å². The number of ether oxygens (including phenoxy) is 1. The van der Waals surface area contributed by atoms with Gasteiger partial charge in [-0.05, 0) is 90.7 Å². The van der Waals surface area contributed by atoms with Crippen LogP contribution in [0.2, 0.25) is 0 Å². The van der Waals surface area contributed by atoms with Crippen molar-refractivity contribution in [3.8, 4) is 0 Å². The van der Waals surface area contributed by atoms with Crippen LogP contribution in [0.1, 0.15) is 150 Å². The SMILES string of the molecule is CC.CC(C)CC(CC(C)C)C(=O)c1ccc(C(=O)NCC(=O)NC(C)(C)CCOC(C)(C)C)cc1.CCC(=O)NC(C(=O)NCC(C)=O)C(C)C. The van der Waals surface area contributed by atoms with E-state index in [0.717, 1.165) is 12.8 Å². The minimum atomic E-state index is -0.577. The highest BCUT2D eigenvalue weighted by atomic mass is 16.5. The standard InChI is InChI=1S/C28H46N2O4.C11H20N2O3.C2H6/c1-19(2)16-23(17-20(3)4)25(32)21-10-12-22(13-11-21)26(33)29-18-24(31)30-28(8,9)14-15-34-27(5,6)7;1-5-9(15)13-10(7(2)3)11(16)12-6-8(4)14;1-2/h10-13,19-20,23H,14-18H2,1-9H3,(H,29,33)(H,30,31);7,10H,5-6H2,1-4H3,(H,12,16)(H,13,15);1-2H3. The van der Waals surface area contributed by atoms with E-state index in [1.807, 2.05) is 62.3 Å². The maximum Gasteiger partial charge on any atom is 0.251 e. The van der Waals surface area contributed by atoms with Gasteiger partial charge in [0, 0.05) is 35.6 Å². The van der Waals surface area contributed by atoms with E-state index in [1.54, 1.807) is 31.2 Å². The Labute approximate surface area is 314 Å². The number of nitrogens with one attached hydrogen (secondary N) is 4. The molecule has 0 heterocycles. The number of hydrogen-bond donors (Lipinski definition) is 4. The maximum absolute atomic E-state index is 13.0. The molecule has 0 bridgehead atoms. The lowest BCUT2D eigenvalue weighted by Gasteiger charge is -2.28. The van der Waals surface area contributed by atoms with Crippen molar-refractivity contribution in [3.05, 3.63) is 35.4 Å². The molecule has 298 valence electrons. The summed E-state index contributed by atoms with van der Waals surface area (Å²) >= 11 is 0. The molecule has 0 aliphatic heterocycles. The van der Waals surface area contributed by atoms with Gasteiger partial charge in [-0.25, -0.2) is 0 Å². The topological polar surface area (TPSA) is 160 Å². The van der Waals surface area contributed by atoms with Crippen molar-refractivity contribution in [2.24, 2.45) is 23.7 Å². The Kier molecular flexibility index (Phi) is 24.7. The van der Waals surface area contributed by atoms with Crippen LogP contribution in [0.3, 0.4) is 0 Å². The van der Waals surface area contributed by atoms with Crippen LogP contribution in [0.15, 0.2) is 24.3 Å². The van der Waals surface area contributed by atoms with Crippen LogP contribution in [-0.2, 0) is 23.9 Å². The summed E-state index contributed by atoms with van der Waals surface area (Å²) in [5.74, 6) is -0.203. The lowest BCUT2D eigenvalue weighted by molar-refractivity contribution is -0.130. The van der Waals surface area contributed by atoms with E-state index in [2.05, 4.69) is 49.0 Å². The zero-order valence-corrected chi connectivity index (χ0v) is 35.0. The molecule has 0 fully saturated rings. The van der Waals surface area contributed by atoms with Crippen LogP contribution in [0.4, 0.5) is 0 Å². The van der Waals surface area contributed by atoms with E-state index < -0.39 is 11.6 Å². The molecule has 52 heavy (non-hydrogen) atoms. The van der Waals surface area contributed by atoms with Gasteiger partial charge in [0.2, 0.25) is 17.7 Å². The van der Waals surface area contributed by atoms with Crippen LogP contribution in [-0.4, -0.2) is 72.1 Å². The Morgan fingerprint density at radius 2 is 1.23 bits per heavy atom. The molecule has 0 saturated heterocycles. The van der Waals surface area contributed by atoms with Gasteiger partial charge in [0.1, 0.15) is 11.8 Å². The van der Waals surface area contributed by atoms with Gasteiger partial charge in [-0.15, -0.1) is 0 Å². The van der Waals surface area contributed by atoms with Crippen LogP contribution < -0.4 is 21.3 Å². The van der Waals surface area contributed by atoms with Crippen molar-refractivity contribution in [3.63, 3.8) is 0 Å². The minimum absolute atomic E-state index is 0.00402. The fourth-order valence-corrected chi connectivity index (χ4v) is 4.96. The summed E-state index contributed by atoms with van der Waals surface area (Å²) in [5.41, 5.74) is 0.376. The highest BCUT2D eigenvalue weighted by Crippen LogP contribution is 2.24. The number of amides is 4. The molecule has 0 saturated carbocycles. The van der Waals surface area contributed by atoms with Crippen molar-refractivity contribution >= 4 is 35.2 Å². The highest BCUT2D eigenvalue weighted by Gasteiger charge is 2.25. The monoisotopic (exact) mass is 733 g/mol. The summed E-state index contributed by atoms with van der Waals surface area (Å²) in [6.45, 7) is 29.6. The van der Waals surface area contributed by atoms with Gasteiger partial charge in [-0.2, -0.15) is 0 Å². The van der Waals surface area contributed by atoms with Gasteiger partial charge in [0.25, 0.3) is 5.91 Å². The quantitative estimate of drug-likeness (QED) is 0.116. The van der Waals surface area contributed by atoms with Crippen molar-refractivity contribution in [2.45, 2.75) is 147 Å². The number of hydrogen-bond acceptors (Lipinski definition) is 7. The number of carbonyl (C=O) groups is 6. The third-order valence-corrected chi connectivity index (χ3v) is 7.56. The minimum Gasteiger partial charge on any atom is -0.376 e. The third kappa shape index (κ3) is 23.8. The summed E-state index contributed by atoms with van der Waals surface area (Å²) < 4.78 is 5.74.